The molecule has 0 aromatic rings. The van der Waals surface area contributed by atoms with Gasteiger partial charge in [-0.15, -0.1) is 0 Å². The number of rotatable bonds is 6. The quantitative estimate of drug-likeness (QED) is 0.792. The normalized spacial score (nSPS) is 28.1. The van der Waals surface area contributed by atoms with Crippen LogP contribution in [-0.2, 0) is 4.79 Å². The van der Waals surface area contributed by atoms with Crippen LogP contribution in [0.15, 0.2) is 0 Å². The van der Waals surface area contributed by atoms with E-state index in [1.165, 1.54) is 0 Å². The average Bonchev–Trinajstić information content (AvgIpc) is 2.40. The van der Waals surface area contributed by atoms with Crippen LogP contribution >= 0.6 is 0 Å². The summed E-state index contributed by atoms with van der Waals surface area (Å²) in [5, 5.41) is 0. The summed E-state index contributed by atoms with van der Waals surface area (Å²) in [4.78, 5) is 14.8. The Morgan fingerprint density at radius 2 is 1.94 bits per heavy atom. The molecule has 2 N–H and O–H groups in total. The van der Waals surface area contributed by atoms with Gasteiger partial charge in [-0.05, 0) is 44.9 Å². The van der Waals surface area contributed by atoms with Crippen molar-refractivity contribution in [3.05, 3.63) is 0 Å². The Morgan fingerprint density at radius 3 is 2.39 bits per heavy atom. The Hall–Kier alpha value is -0.570. The molecule has 0 unspecified atom stereocenters. The van der Waals surface area contributed by atoms with E-state index >= 15 is 0 Å². The van der Waals surface area contributed by atoms with Crippen molar-refractivity contribution >= 4 is 5.91 Å². The first-order chi connectivity index (χ1) is 8.59. The summed E-state index contributed by atoms with van der Waals surface area (Å²) < 4.78 is 0. The Labute approximate surface area is 112 Å². The summed E-state index contributed by atoms with van der Waals surface area (Å²) in [6, 6.07) is 0. The van der Waals surface area contributed by atoms with E-state index in [-0.39, 0.29) is 5.41 Å². The third kappa shape index (κ3) is 3.47. The number of carbonyl (C=O) groups is 1. The van der Waals surface area contributed by atoms with Crippen molar-refractivity contribution in [1.29, 1.82) is 0 Å². The minimum Gasteiger partial charge on any atom is -0.342 e. The second kappa shape index (κ2) is 7.13. The molecular weight excluding hydrogens is 224 g/mol. The monoisotopic (exact) mass is 254 g/mol. The van der Waals surface area contributed by atoms with E-state index in [4.69, 9.17) is 5.73 Å². The van der Waals surface area contributed by atoms with Crippen molar-refractivity contribution in [2.75, 3.05) is 19.6 Å². The van der Waals surface area contributed by atoms with Crippen LogP contribution in [0, 0.1) is 11.3 Å². The Balaban J connectivity index is 2.70. The molecule has 0 atom stereocenters. The summed E-state index contributed by atoms with van der Waals surface area (Å²) >= 11 is 0. The molecule has 0 saturated heterocycles. The van der Waals surface area contributed by atoms with E-state index in [0.717, 1.165) is 57.5 Å². The van der Waals surface area contributed by atoms with Crippen molar-refractivity contribution in [2.45, 2.75) is 59.3 Å². The van der Waals surface area contributed by atoms with Crippen LogP contribution in [0.5, 0.6) is 0 Å². The lowest BCUT2D eigenvalue weighted by Crippen LogP contribution is -2.50. The molecule has 0 radical (unpaired) electrons. The second-order valence-electron chi connectivity index (χ2n) is 5.91. The highest BCUT2D eigenvalue weighted by molar-refractivity contribution is 5.83. The van der Waals surface area contributed by atoms with Crippen molar-refractivity contribution in [3.8, 4) is 0 Å². The SMILES string of the molecule is CCCCN(CC)C(=O)C1(CN)CCC(C)CC1. The third-order valence-corrected chi connectivity index (χ3v) is 4.53. The van der Waals surface area contributed by atoms with Crippen LogP contribution in [0.4, 0.5) is 0 Å². The fraction of sp³-hybridized carbons (Fsp3) is 0.933. The van der Waals surface area contributed by atoms with E-state index in [9.17, 15) is 4.79 Å². The fourth-order valence-electron chi connectivity index (χ4n) is 2.91. The largest absolute Gasteiger partial charge is 0.342 e. The molecule has 3 heteroatoms. The van der Waals surface area contributed by atoms with Crippen molar-refractivity contribution in [3.63, 3.8) is 0 Å². The number of nitrogens with two attached hydrogens (primary N) is 1. The van der Waals surface area contributed by atoms with Gasteiger partial charge in [-0.25, -0.2) is 0 Å². The molecule has 0 heterocycles. The molecule has 0 aromatic heterocycles. The molecule has 106 valence electrons. The van der Waals surface area contributed by atoms with Crippen molar-refractivity contribution < 1.29 is 4.79 Å². The first-order valence-corrected chi connectivity index (χ1v) is 7.59. The average molecular weight is 254 g/mol. The topological polar surface area (TPSA) is 46.3 Å². The predicted molar refractivity (Wildman–Crippen MR) is 76.3 cm³/mol. The van der Waals surface area contributed by atoms with Gasteiger partial charge in [-0.2, -0.15) is 0 Å². The zero-order valence-electron chi connectivity index (χ0n) is 12.4. The molecule has 1 amide bonds. The molecule has 0 bridgehead atoms. The maximum Gasteiger partial charge on any atom is 0.230 e. The maximum atomic E-state index is 12.7. The second-order valence-corrected chi connectivity index (χ2v) is 5.91. The fourth-order valence-corrected chi connectivity index (χ4v) is 2.91. The highest BCUT2D eigenvalue weighted by Crippen LogP contribution is 2.39. The molecule has 3 nitrogen and oxygen atoms in total. The predicted octanol–water partition coefficient (Wildman–Crippen LogP) is 2.79. The molecule has 1 saturated carbocycles. The van der Waals surface area contributed by atoms with Gasteiger partial charge >= 0.3 is 0 Å². The van der Waals surface area contributed by atoms with E-state index in [1.807, 2.05) is 4.90 Å². The smallest absolute Gasteiger partial charge is 0.230 e. The highest BCUT2D eigenvalue weighted by atomic mass is 16.2. The van der Waals surface area contributed by atoms with Gasteiger partial charge < -0.3 is 10.6 Å². The Morgan fingerprint density at radius 1 is 1.33 bits per heavy atom. The van der Waals surface area contributed by atoms with Gasteiger partial charge in [0.1, 0.15) is 0 Å². The zero-order chi connectivity index (χ0) is 13.6. The number of hydrogen-bond acceptors (Lipinski definition) is 2. The minimum absolute atomic E-state index is 0.254. The molecule has 1 fully saturated rings. The van der Waals surface area contributed by atoms with Gasteiger partial charge in [0.25, 0.3) is 0 Å². The van der Waals surface area contributed by atoms with Gasteiger partial charge in [0, 0.05) is 19.6 Å². The number of amides is 1. The molecule has 0 aliphatic heterocycles. The van der Waals surface area contributed by atoms with Gasteiger partial charge in [-0.3, -0.25) is 4.79 Å². The van der Waals surface area contributed by atoms with Crippen LogP contribution in [0.2, 0.25) is 0 Å². The minimum atomic E-state index is -0.254. The Kier molecular flexibility index (Phi) is 6.13. The standard InChI is InChI=1S/C15H30N2O/c1-4-6-11-17(5-2)14(18)15(12-16)9-7-13(3)8-10-15/h13H,4-12,16H2,1-3H3. The highest BCUT2D eigenvalue weighted by Gasteiger charge is 2.41. The summed E-state index contributed by atoms with van der Waals surface area (Å²) in [6.07, 6.45) is 6.48. The Bertz CT molecular complexity index is 257. The lowest BCUT2D eigenvalue weighted by Gasteiger charge is -2.40. The maximum absolute atomic E-state index is 12.7. The number of carbonyl (C=O) groups excluding carboxylic acids is 1. The number of nitrogens with zero attached hydrogens (tertiary/aromatic N) is 1. The lowest BCUT2D eigenvalue weighted by molar-refractivity contribution is -0.144. The van der Waals surface area contributed by atoms with Crippen molar-refractivity contribution in [2.24, 2.45) is 17.1 Å². The molecule has 0 aromatic carbocycles. The van der Waals surface area contributed by atoms with Crippen LogP contribution in [0.3, 0.4) is 0 Å². The molecule has 18 heavy (non-hydrogen) atoms. The summed E-state index contributed by atoms with van der Waals surface area (Å²) in [6.45, 7) is 8.74. The molecule has 0 spiro atoms. The van der Waals surface area contributed by atoms with Crippen LogP contribution < -0.4 is 5.73 Å². The molecular formula is C15H30N2O. The first-order valence-electron chi connectivity index (χ1n) is 7.59. The van der Waals surface area contributed by atoms with Crippen LogP contribution in [-0.4, -0.2) is 30.4 Å². The molecule has 1 aliphatic rings. The number of hydrogen-bond donors (Lipinski definition) is 1. The third-order valence-electron chi connectivity index (χ3n) is 4.53. The lowest BCUT2D eigenvalue weighted by atomic mass is 9.70. The van der Waals surface area contributed by atoms with E-state index in [2.05, 4.69) is 20.8 Å². The van der Waals surface area contributed by atoms with Crippen molar-refractivity contribution in [1.82, 2.24) is 4.90 Å². The van der Waals surface area contributed by atoms with E-state index in [0.29, 0.717) is 12.5 Å². The summed E-state index contributed by atoms with van der Waals surface area (Å²) in [5.41, 5.74) is 5.70. The summed E-state index contributed by atoms with van der Waals surface area (Å²) in [5.74, 6) is 1.07. The van der Waals surface area contributed by atoms with Crippen LogP contribution in [0.25, 0.3) is 0 Å². The number of unbranched alkanes of at least 4 members (excludes halogenated alkanes) is 1. The van der Waals surface area contributed by atoms with E-state index < -0.39 is 0 Å². The van der Waals surface area contributed by atoms with E-state index in [1.54, 1.807) is 0 Å². The molecule has 1 rings (SSSR count). The first kappa shape index (κ1) is 15.5. The summed E-state index contributed by atoms with van der Waals surface area (Å²) in [7, 11) is 0. The van der Waals surface area contributed by atoms with Gasteiger partial charge in [0.05, 0.1) is 5.41 Å². The van der Waals surface area contributed by atoms with Gasteiger partial charge in [0.15, 0.2) is 0 Å². The zero-order valence-corrected chi connectivity index (χ0v) is 12.4. The van der Waals surface area contributed by atoms with Gasteiger partial charge in [-0.1, -0.05) is 20.3 Å². The van der Waals surface area contributed by atoms with Crippen LogP contribution in [0.1, 0.15) is 59.3 Å². The molecule has 1 aliphatic carbocycles. The van der Waals surface area contributed by atoms with Gasteiger partial charge in [0.2, 0.25) is 5.91 Å².